The van der Waals surface area contributed by atoms with Gasteiger partial charge in [0, 0.05) is 12.7 Å². The van der Waals surface area contributed by atoms with Crippen molar-refractivity contribution in [2.45, 2.75) is 6.92 Å². The molecule has 0 saturated heterocycles. The van der Waals surface area contributed by atoms with Crippen LogP contribution in [0.1, 0.15) is 5.56 Å². The van der Waals surface area contributed by atoms with E-state index in [1.807, 2.05) is 30.1 Å². The third kappa shape index (κ3) is 2.34. The second-order valence-corrected chi connectivity index (χ2v) is 3.75. The van der Waals surface area contributed by atoms with Crippen LogP contribution < -0.4 is 16.2 Å². The number of nitrogens with zero attached hydrogens (tertiary/aromatic N) is 3. The number of nitrogens with one attached hydrogen (secondary N) is 1. The van der Waals surface area contributed by atoms with Crippen molar-refractivity contribution >= 4 is 17.3 Å². The highest BCUT2D eigenvalue weighted by Gasteiger charge is 2.08. The number of hydrogen-bond acceptors (Lipinski definition) is 5. The first-order chi connectivity index (χ1) is 8.22. The minimum absolute atomic E-state index is 0.544. The van der Waals surface area contributed by atoms with Gasteiger partial charge in [-0.15, -0.1) is 0 Å². The molecule has 0 bridgehead atoms. The fourth-order valence-corrected chi connectivity index (χ4v) is 1.65. The lowest BCUT2D eigenvalue weighted by Crippen LogP contribution is -2.15. The van der Waals surface area contributed by atoms with Crippen LogP contribution in [0.4, 0.5) is 17.3 Å². The molecule has 0 aliphatic carbocycles. The Labute approximate surface area is 100 Å². The zero-order chi connectivity index (χ0) is 12.3. The molecule has 88 valence electrons. The van der Waals surface area contributed by atoms with Crippen LogP contribution in [0, 0.1) is 6.92 Å². The molecule has 5 nitrogen and oxygen atoms in total. The SMILES string of the molecule is Cc1ccccc1N(C)c1cncc(NN)n1. The number of aromatic nitrogens is 2. The lowest BCUT2D eigenvalue weighted by molar-refractivity contribution is 1.07. The molecule has 2 rings (SSSR count). The van der Waals surface area contributed by atoms with Crippen molar-refractivity contribution in [3.05, 3.63) is 42.2 Å². The molecule has 1 aromatic carbocycles. The molecule has 0 unspecified atom stereocenters. The predicted molar refractivity (Wildman–Crippen MR) is 69.1 cm³/mol. The summed E-state index contributed by atoms with van der Waals surface area (Å²) in [6.45, 7) is 2.06. The van der Waals surface area contributed by atoms with Gasteiger partial charge in [-0.1, -0.05) is 18.2 Å². The van der Waals surface area contributed by atoms with Crippen molar-refractivity contribution < 1.29 is 0 Å². The molecule has 0 radical (unpaired) electrons. The summed E-state index contributed by atoms with van der Waals surface area (Å²) in [4.78, 5) is 10.4. The summed E-state index contributed by atoms with van der Waals surface area (Å²) < 4.78 is 0. The minimum atomic E-state index is 0.544. The van der Waals surface area contributed by atoms with E-state index in [0.717, 1.165) is 11.5 Å². The number of nitrogen functional groups attached to an aromatic ring is 1. The number of hydrazine groups is 1. The quantitative estimate of drug-likeness (QED) is 0.621. The lowest BCUT2D eigenvalue weighted by Gasteiger charge is -2.20. The molecule has 0 aliphatic rings. The second-order valence-electron chi connectivity index (χ2n) is 3.75. The average molecular weight is 229 g/mol. The Morgan fingerprint density at radius 3 is 2.71 bits per heavy atom. The highest BCUT2D eigenvalue weighted by Crippen LogP contribution is 2.24. The molecule has 0 spiro atoms. The molecule has 17 heavy (non-hydrogen) atoms. The third-order valence-corrected chi connectivity index (χ3v) is 2.59. The summed E-state index contributed by atoms with van der Waals surface area (Å²) in [5.74, 6) is 6.61. The van der Waals surface area contributed by atoms with E-state index in [1.165, 1.54) is 5.56 Å². The first kappa shape index (κ1) is 11.3. The van der Waals surface area contributed by atoms with E-state index < -0.39 is 0 Å². The van der Waals surface area contributed by atoms with E-state index in [-0.39, 0.29) is 0 Å². The Balaban J connectivity index is 2.37. The normalized spacial score (nSPS) is 10.1. The van der Waals surface area contributed by atoms with Gasteiger partial charge in [0.25, 0.3) is 0 Å². The Bertz CT molecular complexity index is 512. The number of hydrogen-bond donors (Lipinski definition) is 2. The molecule has 0 amide bonds. The van der Waals surface area contributed by atoms with Crippen LogP contribution in [0.25, 0.3) is 0 Å². The van der Waals surface area contributed by atoms with Gasteiger partial charge in [0.05, 0.1) is 12.4 Å². The van der Waals surface area contributed by atoms with Crippen LogP contribution in [0.5, 0.6) is 0 Å². The molecule has 0 atom stereocenters. The first-order valence-corrected chi connectivity index (χ1v) is 5.30. The van der Waals surface area contributed by atoms with Gasteiger partial charge in [0.2, 0.25) is 0 Å². The van der Waals surface area contributed by atoms with Gasteiger partial charge < -0.3 is 10.3 Å². The van der Waals surface area contributed by atoms with E-state index >= 15 is 0 Å². The van der Waals surface area contributed by atoms with Crippen LogP contribution in [0.3, 0.4) is 0 Å². The summed E-state index contributed by atoms with van der Waals surface area (Å²) in [5.41, 5.74) is 4.76. The van der Waals surface area contributed by atoms with Gasteiger partial charge >= 0.3 is 0 Å². The van der Waals surface area contributed by atoms with Gasteiger partial charge in [-0.2, -0.15) is 0 Å². The summed E-state index contributed by atoms with van der Waals surface area (Å²) >= 11 is 0. The Hall–Kier alpha value is -2.14. The van der Waals surface area contributed by atoms with Gasteiger partial charge in [0.1, 0.15) is 0 Å². The van der Waals surface area contributed by atoms with E-state index in [4.69, 9.17) is 5.84 Å². The van der Waals surface area contributed by atoms with Gasteiger partial charge in [-0.3, -0.25) is 4.98 Å². The molecule has 2 aromatic rings. The Morgan fingerprint density at radius 1 is 1.24 bits per heavy atom. The van der Waals surface area contributed by atoms with Crippen LogP contribution >= 0.6 is 0 Å². The molecule has 0 fully saturated rings. The molecule has 5 heteroatoms. The number of para-hydroxylation sites is 1. The summed E-state index contributed by atoms with van der Waals surface area (Å²) in [6, 6.07) is 8.11. The maximum Gasteiger partial charge on any atom is 0.160 e. The smallest absolute Gasteiger partial charge is 0.160 e. The number of aryl methyl sites for hydroxylation is 1. The average Bonchev–Trinajstić information content (AvgIpc) is 2.38. The summed E-state index contributed by atoms with van der Waals surface area (Å²) in [5, 5.41) is 0. The first-order valence-electron chi connectivity index (χ1n) is 5.30. The van der Waals surface area contributed by atoms with Crippen molar-refractivity contribution in [2.24, 2.45) is 5.84 Å². The number of anilines is 3. The minimum Gasteiger partial charge on any atom is -0.328 e. The maximum atomic E-state index is 5.32. The monoisotopic (exact) mass is 229 g/mol. The van der Waals surface area contributed by atoms with Gasteiger partial charge in [0.15, 0.2) is 11.6 Å². The standard InChI is InChI=1S/C12H15N5/c1-9-5-3-4-6-10(9)17(2)12-8-14-7-11(15-12)16-13/h3-8H,13H2,1-2H3,(H,15,16). The zero-order valence-electron chi connectivity index (χ0n) is 9.88. The number of rotatable bonds is 3. The second kappa shape index (κ2) is 4.80. The van der Waals surface area contributed by atoms with Crippen molar-refractivity contribution in [3.8, 4) is 0 Å². The van der Waals surface area contributed by atoms with Gasteiger partial charge in [-0.25, -0.2) is 10.8 Å². The molecule has 0 saturated carbocycles. The highest BCUT2D eigenvalue weighted by molar-refractivity contribution is 5.63. The fourth-order valence-electron chi connectivity index (χ4n) is 1.65. The van der Waals surface area contributed by atoms with Crippen LogP contribution in [-0.4, -0.2) is 17.0 Å². The molecular weight excluding hydrogens is 214 g/mol. The summed E-state index contributed by atoms with van der Waals surface area (Å²) in [7, 11) is 1.95. The number of nitrogens with two attached hydrogens (primary N) is 1. The largest absolute Gasteiger partial charge is 0.328 e. The Kier molecular flexibility index (Phi) is 3.20. The van der Waals surface area contributed by atoms with Crippen LogP contribution in [0.15, 0.2) is 36.7 Å². The van der Waals surface area contributed by atoms with Crippen LogP contribution in [-0.2, 0) is 0 Å². The highest BCUT2D eigenvalue weighted by atomic mass is 15.3. The third-order valence-electron chi connectivity index (χ3n) is 2.59. The predicted octanol–water partition coefficient (Wildman–Crippen LogP) is 1.84. The molecule has 1 aromatic heterocycles. The fraction of sp³-hybridized carbons (Fsp3) is 0.167. The van der Waals surface area contributed by atoms with Crippen molar-refractivity contribution in [3.63, 3.8) is 0 Å². The van der Waals surface area contributed by atoms with Gasteiger partial charge in [-0.05, 0) is 18.6 Å². The van der Waals surface area contributed by atoms with E-state index in [2.05, 4.69) is 28.4 Å². The number of benzene rings is 1. The van der Waals surface area contributed by atoms with Crippen molar-refractivity contribution in [1.29, 1.82) is 0 Å². The van der Waals surface area contributed by atoms with E-state index in [0.29, 0.717) is 5.82 Å². The van der Waals surface area contributed by atoms with Crippen molar-refractivity contribution in [2.75, 3.05) is 17.4 Å². The van der Waals surface area contributed by atoms with E-state index in [9.17, 15) is 0 Å². The van der Waals surface area contributed by atoms with Crippen LogP contribution in [0.2, 0.25) is 0 Å². The molecular formula is C12H15N5. The molecule has 1 heterocycles. The summed E-state index contributed by atoms with van der Waals surface area (Å²) in [6.07, 6.45) is 3.28. The zero-order valence-corrected chi connectivity index (χ0v) is 9.88. The Morgan fingerprint density at radius 2 is 2.00 bits per heavy atom. The van der Waals surface area contributed by atoms with Crippen molar-refractivity contribution in [1.82, 2.24) is 9.97 Å². The topological polar surface area (TPSA) is 67.1 Å². The molecule has 3 N–H and O–H groups in total. The lowest BCUT2D eigenvalue weighted by atomic mass is 10.2. The molecule has 0 aliphatic heterocycles. The van der Waals surface area contributed by atoms with E-state index in [1.54, 1.807) is 12.4 Å². The maximum absolute atomic E-state index is 5.32.